The second kappa shape index (κ2) is 10.3. The van der Waals surface area contributed by atoms with Crippen LogP contribution in [0.1, 0.15) is 30.5 Å². The van der Waals surface area contributed by atoms with Crippen molar-refractivity contribution in [3.8, 4) is 11.3 Å². The van der Waals surface area contributed by atoms with Crippen LogP contribution in [0.3, 0.4) is 0 Å². The first kappa shape index (κ1) is 25.3. The van der Waals surface area contributed by atoms with Crippen molar-refractivity contribution in [1.29, 1.82) is 0 Å². The Kier molecular flexibility index (Phi) is 7.68. The molecule has 0 aliphatic carbocycles. The lowest BCUT2D eigenvalue weighted by atomic mass is 10.1. The first-order valence-corrected chi connectivity index (χ1v) is 12.6. The van der Waals surface area contributed by atoms with E-state index in [2.05, 4.69) is 10.4 Å². The molecule has 3 aromatic rings. The van der Waals surface area contributed by atoms with Crippen LogP contribution < -0.4 is 10.9 Å². The standard InChI is InChI=1S/C25H30N4O4S/c1-6-28(7-2)34(32,33)23-15-20(10-8-18(23)4)22-12-13-25(31)29(27-22)16-24(30)26-21-11-9-17(3)19(5)14-21/h8-15H,6-7,16H2,1-5H3,(H,26,30). The Labute approximate surface area is 200 Å². The van der Waals surface area contributed by atoms with Crippen LogP contribution in [0.2, 0.25) is 0 Å². The number of benzene rings is 2. The lowest BCUT2D eigenvalue weighted by Gasteiger charge is -2.20. The van der Waals surface area contributed by atoms with Crippen LogP contribution in [0.25, 0.3) is 11.3 Å². The van der Waals surface area contributed by atoms with Crippen molar-refractivity contribution in [3.63, 3.8) is 0 Å². The molecule has 3 rings (SSSR count). The van der Waals surface area contributed by atoms with Gasteiger partial charge in [-0.3, -0.25) is 9.59 Å². The molecule has 0 spiro atoms. The maximum Gasteiger partial charge on any atom is 0.267 e. The maximum absolute atomic E-state index is 13.1. The van der Waals surface area contributed by atoms with Crippen LogP contribution in [-0.2, 0) is 21.4 Å². The van der Waals surface area contributed by atoms with Crippen molar-refractivity contribution < 1.29 is 13.2 Å². The molecule has 34 heavy (non-hydrogen) atoms. The Morgan fingerprint density at radius 2 is 1.62 bits per heavy atom. The fourth-order valence-electron chi connectivity index (χ4n) is 3.61. The highest BCUT2D eigenvalue weighted by Crippen LogP contribution is 2.26. The highest BCUT2D eigenvalue weighted by molar-refractivity contribution is 7.89. The van der Waals surface area contributed by atoms with Crippen LogP contribution in [0.4, 0.5) is 5.69 Å². The summed E-state index contributed by atoms with van der Waals surface area (Å²) in [5.41, 5.74) is 3.93. The van der Waals surface area contributed by atoms with Gasteiger partial charge in [0.1, 0.15) is 6.54 Å². The molecule has 0 aliphatic rings. The van der Waals surface area contributed by atoms with Gasteiger partial charge in [-0.15, -0.1) is 0 Å². The van der Waals surface area contributed by atoms with Gasteiger partial charge < -0.3 is 5.32 Å². The van der Waals surface area contributed by atoms with Crippen LogP contribution in [0.5, 0.6) is 0 Å². The Bertz CT molecular complexity index is 1380. The first-order chi connectivity index (χ1) is 16.1. The normalized spacial score (nSPS) is 11.6. The number of nitrogens with zero attached hydrogens (tertiary/aromatic N) is 3. The molecule has 0 bridgehead atoms. The molecule has 0 saturated carbocycles. The lowest BCUT2D eigenvalue weighted by Crippen LogP contribution is -2.31. The second-order valence-corrected chi connectivity index (χ2v) is 10.0. The fourth-order valence-corrected chi connectivity index (χ4v) is 5.32. The molecule has 0 radical (unpaired) electrons. The lowest BCUT2D eigenvalue weighted by molar-refractivity contribution is -0.117. The van der Waals surface area contributed by atoms with E-state index in [9.17, 15) is 18.0 Å². The van der Waals surface area contributed by atoms with Crippen molar-refractivity contribution in [2.75, 3.05) is 18.4 Å². The molecule has 0 saturated heterocycles. The molecule has 0 aliphatic heterocycles. The van der Waals surface area contributed by atoms with Crippen LogP contribution in [0.15, 0.2) is 58.2 Å². The summed E-state index contributed by atoms with van der Waals surface area (Å²) in [6, 6.07) is 13.5. The van der Waals surface area contributed by atoms with Gasteiger partial charge in [0, 0.05) is 30.4 Å². The minimum absolute atomic E-state index is 0.195. The van der Waals surface area contributed by atoms with Gasteiger partial charge in [-0.2, -0.15) is 9.40 Å². The van der Waals surface area contributed by atoms with Crippen LogP contribution in [0, 0.1) is 20.8 Å². The average Bonchev–Trinajstić information content (AvgIpc) is 2.78. The molecule has 0 unspecified atom stereocenters. The Hall–Kier alpha value is -3.30. The summed E-state index contributed by atoms with van der Waals surface area (Å²) in [6.07, 6.45) is 0. The molecule has 1 aromatic heterocycles. The third-order valence-corrected chi connectivity index (χ3v) is 7.95. The monoisotopic (exact) mass is 482 g/mol. The Morgan fingerprint density at radius 1 is 0.941 bits per heavy atom. The molecule has 180 valence electrons. The summed E-state index contributed by atoms with van der Waals surface area (Å²) < 4.78 is 28.6. The van der Waals surface area contributed by atoms with E-state index < -0.39 is 15.6 Å². The number of amides is 1. The topological polar surface area (TPSA) is 101 Å². The quantitative estimate of drug-likeness (QED) is 0.530. The predicted molar refractivity (Wildman–Crippen MR) is 133 cm³/mol. The van der Waals surface area contributed by atoms with Gasteiger partial charge in [-0.05, 0) is 61.7 Å². The average molecular weight is 483 g/mol. The van der Waals surface area contributed by atoms with Crippen molar-refractivity contribution >= 4 is 21.6 Å². The van der Waals surface area contributed by atoms with E-state index in [1.807, 2.05) is 26.0 Å². The van der Waals surface area contributed by atoms with Crippen LogP contribution >= 0.6 is 0 Å². The molecule has 0 fully saturated rings. The number of rotatable bonds is 8. The molecule has 1 amide bonds. The van der Waals surface area contributed by atoms with Gasteiger partial charge in [0.2, 0.25) is 15.9 Å². The van der Waals surface area contributed by atoms with Gasteiger partial charge in [0.05, 0.1) is 10.6 Å². The molecular formula is C25H30N4O4S. The van der Waals surface area contributed by atoms with Gasteiger partial charge in [-0.1, -0.05) is 32.0 Å². The number of nitrogens with one attached hydrogen (secondary N) is 1. The van der Waals surface area contributed by atoms with Crippen molar-refractivity contribution in [2.24, 2.45) is 0 Å². The SMILES string of the molecule is CCN(CC)S(=O)(=O)c1cc(-c2ccc(=O)n(CC(=O)Nc3ccc(C)c(C)c3)n2)ccc1C. The summed E-state index contributed by atoms with van der Waals surface area (Å²) in [4.78, 5) is 25.1. The van der Waals surface area contributed by atoms with Crippen molar-refractivity contribution in [2.45, 2.75) is 46.1 Å². The number of carbonyl (C=O) groups is 1. The summed E-state index contributed by atoms with van der Waals surface area (Å²) in [6.45, 7) is 9.72. The van der Waals surface area contributed by atoms with Gasteiger partial charge >= 0.3 is 0 Å². The van der Waals surface area contributed by atoms with E-state index in [4.69, 9.17) is 0 Å². The smallest absolute Gasteiger partial charge is 0.267 e. The summed E-state index contributed by atoms with van der Waals surface area (Å²) >= 11 is 0. The van der Waals surface area contributed by atoms with E-state index in [1.54, 1.807) is 45.0 Å². The minimum atomic E-state index is -3.67. The Morgan fingerprint density at radius 3 is 2.26 bits per heavy atom. The zero-order chi connectivity index (χ0) is 25.0. The molecule has 0 atom stereocenters. The fraction of sp³-hybridized carbons (Fsp3) is 0.320. The molecule has 2 aromatic carbocycles. The van der Waals surface area contributed by atoms with Crippen molar-refractivity contribution in [1.82, 2.24) is 14.1 Å². The molecule has 9 heteroatoms. The third-order valence-electron chi connectivity index (χ3n) is 5.76. The summed E-state index contributed by atoms with van der Waals surface area (Å²) in [7, 11) is -3.67. The van der Waals surface area contributed by atoms with Crippen molar-refractivity contribution in [3.05, 3.63) is 75.6 Å². The van der Waals surface area contributed by atoms with E-state index in [0.717, 1.165) is 15.8 Å². The molecule has 1 heterocycles. The second-order valence-electron chi connectivity index (χ2n) is 8.13. The third kappa shape index (κ3) is 5.43. The number of hydrogen-bond acceptors (Lipinski definition) is 5. The zero-order valence-corrected chi connectivity index (χ0v) is 20.9. The van der Waals surface area contributed by atoms with Gasteiger partial charge in [-0.25, -0.2) is 13.1 Å². The van der Waals surface area contributed by atoms with E-state index in [1.165, 1.54) is 16.4 Å². The van der Waals surface area contributed by atoms with E-state index in [0.29, 0.717) is 35.6 Å². The number of aromatic nitrogens is 2. The largest absolute Gasteiger partial charge is 0.324 e. The van der Waals surface area contributed by atoms with Gasteiger partial charge in [0.25, 0.3) is 5.56 Å². The zero-order valence-electron chi connectivity index (χ0n) is 20.1. The van der Waals surface area contributed by atoms with E-state index >= 15 is 0 Å². The van der Waals surface area contributed by atoms with Crippen LogP contribution in [-0.4, -0.2) is 41.5 Å². The minimum Gasteiger partial charge on any atom is -0.324 e. The number of aryl methyl sites for hydroxylation is 3. The number of hydrogen-bond donors (Lipinski definition) is 1. The molecular weight excluding hydrogens is 452 g/mol. The highest BCUT2D eigenvalue weighted by atomic mass is 32.2. The van der Waals surface area contributed by atoms with E-state index in [-0.39, 0.29) is 17.3 Å². The number of carbonyl (C=O) groups excluding carboxylic acids is 1. The highest BCUT2D eigenvalue weighted by Gasteiger charge is 2.24. The first-order valence-electron chi connectivity index (χ1n) is 11.1. The Balaban J connectivity index is 1.91. The molecule has 8 nitrogen and oxygen atoms in total. The predicted octanol–water partition coefficient (Wildman–Crippen LogP) is 3.50. The summed E-state index contributed by atoms with van der Waals surface area (Å²) in [5, 5.41) is 7.11. The molecule has 1 N–H and O–H groups in total. The maximum atomic E-state index is 13.1. The number of sulfonamides is 1. The summed E-state index contributed by atoms with van der Waals surface area (Å²) in [5.74, 6) is -0.385. The number of anilines is 1. The van der Waals surface area contributed by atoms with Gasteiger partial charge in [0.15, 0.2) is 0 Å².